The first-order valence-corrected chi connectivity index (χ1v) is 5.41. The van der Waals surface area contributed by atoms with E-state index in [4.69, 9.17) is 4.74 Å². The van der Waals surface area contributed by atoms with Crippen LogP contribution in [0, 0.1) is 0 Å². The van der Waals surface area contributed by atoms with Gasteiger partial charge in [-0.25, -0.2) is 4.98 Å². The number of ether oxygens (including phenoxy) is 1. The van der Waals surface area contributed by atoms with Gasteiger partial charge >= 0.3 is 0 Å². The van der Waals surface area contributed by atoms with E-state index in [0.29, 0.717) is 11.6 Å². The van der Waals surface area contributed by atoms with E-state index < -0.39 is 6.10 Å². The third-order valence-corrected chi connectivity index (χ3v) is 2.97. The summed E-state index contributed by atoms with van der Waals surface area (Å²) in [4.78, 5) is 5.07. The molecule has 15 heavy (non-hydrogen) atoms. The van der Waals surface area contributed by atoms with Crippen LogP contribution >= 0.6 is 11.3 Å². The molecule has 2 aromatic heterocycles. The molecule has 0 amide bonds. The maximum atomic E-state index is 9.99. The van der Waals surface area contributed by atoms with Crippen molar-refractivity contribution in [3.63, 3.8) is 0 Å². The molecule has 0 saturated carbocycles. The minimum Gasteiger partial charge on any atom is -0.481 e. The molecule has 4 heteroatoms. The van der Waals surface area contributed by atoms with Gasteiger partial charge in [0.2, 0.25) is 5.88 Å². The number of rotatable bonds is 3. The first-order chi connectivity index (χ1) is 7.31. The molecule has 2 rings (SSSR count). The third-order valence-electron chi connectivity index (χ3n) is 2.05. The Hall–Kier alpha value is -1.39. The lowest BCUT2D eigenvalue weighted by Gasteiger charge is -2.08. The SMILES string of the molecule is COc1cccc(C(O)c2cccs2)n1. The van der Waals surface area contributed by atoms with Crippen LogP contribution in [0.1, 0.15) is 16.7 Å². The van der Waals surface area contributed by atoms with Gasteiger partial charge in [0.15, 0.2) is 0 Å². The zero-order chi connectivity index (χ0) is 10.7. The number of aliphatic hydroxyl groups excluding tert-OH is 1. The molecule has 1 N–H and O–H groups in total. The van der Waals surface area contributed by atoms with Gasteiger partial charge in [0.1, 0.15) is 6.10 Å². The standard InChI is InChI=1S/C11H11NO2S/c1-14-10-6-2-4-8(12-10)11(13)9-5-3-7-15-9/h2-7,11,13H,1H3. The molecule has 1 atom stereocenters. The van der Waals surface area contributed by atoms with Crippen LogP contribution in [0.4, 0.5) is 0 Å². The summed E-state index contributed by atoms with van der Waals surface area (Å²) in [5.41, 5.74) is 0.608. The highest BCUT2D eigenvalue weighted by molar-refractivity contribution is 7.10. The normalized spacial score (nSPS) is 12.4. The van der Waals surface area contributed by atoms with Crippen molar-refractivity contribution in [1.29, 1.82) is 0 Å². The van der Waals surface area contributed by atoms with Crippen molar-refractivity contribution in [1.82, 2.24) is 4.98 Å². The average molecular weight is 221 g/mol. The minimum atomic E-state index is -0.667. The molecule has 2 aromatic rings. The van der Waals surface area contributed by atoms with Crippen molar-refractivity contribution in [2.24, 2.45) is 0 Å². The van der Waals surface area contributed by atoms with E-state index in [1.165, 1.54) is 11.3 Å². The van der Waals surface area contributed by atoms with Gasteiger partial charge in [-0.05, 0) is 17.5 Å². The second-order valence-corrected chi connectivity index (χ2v) is 4.00. The number of hydrogen-bond acceptors (Lipinski definition) is 4. The fourth-order valence-corrected chi connectivity index (χ4v) is 2.01. The van der Waals surface area contributed by atoms with Crippen molar-refractivity contribution in [2.45, 2.75) is 6.10 Å². The molecule has 0 spiro atoms. The van der Waals surface area contributed by atoms with Crippen molar-refractivity contribution >= 4 is 11.3 Å². The van der Waals surface area contributed by atoms with Crippen LogP contribution in [0.25, 0.3) is 0 Å². The Morgan fingerprint density at radius 2 is 2.20 bits per heavy atom. The van der Waals surface area contributed by atoms with E-state index in [2.05, 4.69) is 4.98 Å². The molecule has 2 heterocycles. The highest BCUT2D eigenvalue weighted by Crippen LogP contribution is 2.25. The molecule has 0 saturated heterocycles. The van der Waals surface area contributed by atoms with Gasteiger partial charge in [0.05, 0.1) is 12.8 Å². The lowest BCUT2D eigenvalue weighted by molar-refractivity contribution is 0.217. The monoisotopic (exact) mass is 221 g/mol. The molecule has 0 bridgehead atoms. The van der Waals surface area contributed by atoms with E-state index >= 15 is 0 Å². The quantitative estimate of drug-likeness (QED) is 0.864. The summed E-state index contributed by atoms with van der Waals surface area (Å²) >= 11 is 1.51. The van der Waals surface area contributed by atoms with Crippen LogP contribution in [0.5, 0.6) is 5.88 Å². The van der Waals surface area contributed by atoms with Crippen LogP contribution in [-0.4, -0.2) is 17.2 Å². The molecular weight excluding hydrogens is 210 g/mol. The van der Waals surface area contributed by atoms with Gasteiger partial charge in [-0.3, -0.25) is 0 Å². The van der Waals surface area contributed by atoms with Gasteiger partial charge in [0, 0.05) is 10.9 Å². The number of methoxy groups -OCH3 is 1. The number of pyridine rings is 1. The van der Waals surface area contributed by atoms with E-state index in [1.807, 2.05) is 23.6 Å². The number of nitrogens with zero attached hydrogens (tertiary/aromatic N) is 1. The van der Waals surface area contributed by atoms with E-state index in [1.54, 1.807) is 19.2 Å². The molecule has 0 radical (unpaired) electrons. The van der Waals surface area contributed by atoms with Crippen LogP contribution < -0.4 is 4.74 Å². The number of aromatic nitrogens is 1. The molecule has 0 aromatic carbocycles. The second kappa shape index (κ2) is 4.42. The summed E-state index contributed by atoms with van der Waals surface area (Å²) in [6.07, 6.45) is -0.667. The highest BCUT2D eigenvalue weighted by atomic mass is 32.1. The van der Waals surface area contributed by atoms with E-state index in [-0.39, 0.29) is 0 Å². The maximum Gasteiger partial charge on any atom is 0.213 e. The number of hydrogen-bond donors (Lipinski definition) is 1. The molecule has 0 aliphatic heterocycles. The lowest BCUT2D eigenvalue weighted by Crippen LogP contribution is -2.01. The van der Waals surface area contributed by atoms with E-state index in [0.717, 1.165) is 4.88 Å². The Morgan fingerprint density at radius 3 is 2.87 bits per heavy atom. The highest BCUT2D eigenvalue weighted by Gasteiger charge is 2.13. The van der Waals surface area contributed by atoms with E-state index in [9.17, 15) is 5.11 Å². The van der Waals surface area contributed by atoms with Gasteiger partial charge in [-0.1, -0.05) is 12.1 Å². The number of aliphatic hydroxyl groups is 1. The predicted octanol–water partition coefficient (Wildman–Crippen LogP) is 2.23. The summed E-state index contributed by atoms with van der Waals surface area (Å²) in [5, 5.41) is 11.9. The lowest BCUT2D eigenvalue weighted by atomic mass is 10.2. The van der Waals surface area contributed by atoms with Gasteiger partial charge in [-0.15, -0.1) is 11.3 Å². The Bertz CT molecular complexity index is 428. The molecule has 1 unspecified atom stereocenters. The largest absolute Gasteiger partial charge is 0.481 e. The third kappa shape index (κ3) is 2.16. The second-order valence-electron chi connectivity index (χ2n) is 3.02. The minimum absolute atomic E-state index is 0.517. The van der Waals surface area contributed by atoms with Crippen molar-refractivity contribution in [3.05, 3.63) is 46.3 Å². The predicted molar refractivity (Wildman–Crippen MR) is 59.2 cm³/mol. The molecule has 0 aliphatic rings. The summed E-state index contributed by atoms with van der Waals surface area (Å²) in [5.74, 6) is 0.517. The summed E-state index contributed by atoms with van der Waals surface area (Å²) < 4.78 is 5.00. The van der Waals surface area contributed by atoms with Crippen molar-refractivity contribution in [2.75, 3.05) is 7.11 Å². The smallest absolute Gasteiger partial charge is 0.213 e. The fraction of sp³-hybridized carbons (Fsp3) is 0.182. The van der Waals surface area contributed by atoms with Crippen LogP contribution in [0.3, 0.4) is 0 Å². The van der Waals surface area contributed by atoms with Crippen LogP contribution in [-0.2, 0) is 0 Å². The fourth-order valence-electron chi connectivity index (χ4n) is 1.29. The Labute approximate surface area is 92.0 Å². The van der Waals surface area contributed by atoms with Gasteiger partial charge in [-0.2, -0.15) is 0 Å². The van der Waals surface area contributed by atoms with Crippen molar-refractivity contribution < 1.29 is 9.84 Å². The van der Waals surface area contributed by atoms with Crippen LogP contribution in [0.15, 0.2) is 35.7 Å². The molecular formula is C11H11NO2S. The first kappa shape index (κ1) is 10.1. The zero-order valence-electron chi connectivity index (χ0n) is 8.25. The topological polar surface area (TPSA) is 42.4 Å². The maximum absolute atomic E-state index is 9.99. The Balaban J connectivity index is 2.29. The van der Waals surface area contributed by atoms with Gasteiger partial charge in [0.25, 0.3) is 0 Å². The summed E-state index contributed by atoms with van der Waals surface area (Å²) in [6, 6.07) is 9.15. The summed E-state index contributed by atoms with van der Waals surface area (Å²) in [6.45, 7) is 0. The molecule has 0 aliphatic carbocycles. The van der Waals surface area contributed by atoms with Gasteiger partial charge < -0.3 is 9.84 Å². The average Bonchev–Trinajstić information content (AvgIpc) is 2.81. The zero-order valence-corrected chi connectivity index (χ0v) is 9.07. The number of thiophene rings is 1. The Morgan fingerprint density at radius 1 is 1.33 bits per heavy atom. The Kier molecular flexibility index (Phi) is 2.99. The first-order valence-electron chi connectivity index (χ1n) is 4.53. The van der Waals surface area contributed by atoms with Crippen molar-refractivity contribution in [3.8, 4) is 5.88 Å². The van der Waals surface area contributed by atoms with Crippen LogP contribution in [0.2, 0.25) is 0 Å². The molecule has 0 fully saturated rings. The molecule has 3 nitrogen and oxygen atoms in total. The summed E-state index contributed by atoms with van der Waals surface area (Å²) in [7, 11) is 1.56. The molecule has 78 valence electrons.